The van der Waals surface area contributed by atoms with Gasteiger partial charge in [-0.15, -0.1) is 0 Å². The van der Waals surface area contributed by atoms with Crippen molar-refractivity contribution >= 4 is 11.6 Å². The molecule has 19 heavy (non-hydrogen) atoms. The first kappa shape index (κ1) is 13.6. The van der Waals surface area contributed by atoms with E-state index >= 15 is 0 Å². The van der Waals surface area contributed by atoms with Crippen LogP contribution in [0.4, 0.5) is 11.6 Å². The third-order valence-electron chi connectivity index (χ3n) is 3.47. The summed E-state index contributed by atoms with van der Waals surface area (Å²) in [6.45, 7) is 4.58. The van der Waals surface area contributed by atoms with Crippen LogP contribution in [-0.2, 0) is 0 Å². The minimum atomic E-state index is -0.627. The summed E-state index contributed by atoms with van der Waals surface area (Å²) >= 11 is 0. The lowest BCUT2D eigenvalue weighted by Gasteiger charge is -2.25. The van der Waals surface area contributed by atoms with Gasteiger partial charge in [0.2, 0.25) is 0 Å². The molecule has 1 heterocycles. The summed E-state index contributed by atoms with van der Waals surface area (Å²) in [5.74, 6) is 2.38. The Bertz CT molecular complexity index is 459. The second kappa shape index (κ2) is 5.87. The second-order valence-corrected chi connectivity index (χ2v) is 5.66. The summed E-state index contributed by atoms with van der Waals surface area (Å²) < 4.78 is 0. The predicted molar refractivity (Wildman–Crippen MR) is 75.8 cm³/mol. The highest BCUT2D eigenvalue weighted by atomic mass is 15.1. The first-order valence-electron chi connectivity index (χ1n) is 6.84. The highest BCUT2D eigenvalue weighted by Gasteiger charge is 2.17. The summed E-state index contributed by atoms with van der Waals surface area (Å²) in [7, 11) is 0. The summed E-state index contributed by atoms with van der Waals surface area (Å²) in [5.41, 5.74) is -0.627. The van der Waals surface area contributed by atoms with Crippen LogP contribution in [0.2, 0.25) is 0 Å². The highest BCUT2D eigenvalue weighted by Crippen LogP contribution is 2.29. The number of aromatic nitrogens is 2. The zero-order valence-electron chi connectivity index (χ0n) is 11.6. The molecule has 1 aliphatic carbocycles. The molecule has 0 aliphatic heterocycles. The Kier molecular flexibility index (Phi) is 4.20. The number of anilines is 2. The van der Waals surface area contributed by atoms with E-state index < -0.39 is 5.54 Å². The topological polar surface area (TPSA) is 73.6 Å². The molecule has 0 atom stereocenters. The van der Waals surface area contributed by atoms with Gasteiger partial charge in [-0.25, -0.2) is 9.97 Å². The fourth-order valence-electron chi connectivity index (χ4n) is 2.06. The fourth-order valence-corrected chi connectivity index (χ4v) is 2.06. The second-order valence-electron chi connectivity index (χ2n) is 5.66. The van der Waals surface area contributed by atoms with Gasteiger partial charge >= 0.3 is 0 Å². The van der Waals surface area contributed by atoms with Gasteiger partial charge in [0.15, 0.2) is 0 Å². The number of nitriles is 1. The highest BCUT2D eigenvalue weighted by molar-refractivity contribution is 5.48. The zero-order chi connectivity index (χ0) is 13.7. The molecule has 1 aliphatic rings. The first-order chi connectivity index (χ1) is 9.09. The summed E-state index contributed by atoms with van der Waals surface area (Å²) in [6.07, 6.45) is 6.84. The van der Waals surface area contributed by atoms with Crippen molar-refractivity contribution < 1.29 is 0 Å². The minimum Gasteiger partial charge on any atom is -0.370 e. The van der Waals surface area contributed by atoms with E-state index in [2.05, 4.69) is 26.7 Å². The molecule has 1 fully saturated rings. The molecule has 1 aromatic rings. The number of nitrogens with zero attached hydrogens (tertiary/aromatic N) is 3. The van der Waals surface area contributed by atoms with Gasteiger partial charge in [0.25, 0.3) is 0 Å². The quantitative estimate of drug-likeness (QED) is 0.821. The summed E-state index contributed by atoms with van der Waals surface area (Å²) in [6, 6.07) is 4.04. The number of rotatable bonds is 6. The van der Waals surface area contributed by atoms with Gasteiger partial charge in [-0.1, -0.05) is 19.3 Å². The standard InChI is InChI=1S/C14H21N5/c1-14(2,9-15)19-13-8-12(17-10-18-13)16-7-6-11-4-3-5-11/h8,10-11H,3-7H2,1-2H3,(H2,16,17,18,19). The molecule has 2 N–H and O–H groups in total. The van der Waals surface area contributed by atoms with Crippen LogP contribution in [0, 0.1) is 17.2 Å². The molecule has 0 aromatic carbocycles. The average Bonchev–Trinajstić information content (AvgIpc) is 2.32. The molecule has 0 spiro atoms. The van der Waals surface area contributed by atoms with Gasteiger partial charge in [-0.05, 0) is 26.2 Å². The molecule has 1 saturated carbocycles. The number of nitrogens with one attached hydrogen (secondary N) is 2. The van der Waals surface area contributed by atoms with E-state index in [4.69, 9.17) is 5.26 Å². The van der Waals surface area contributed by atoms with E-state index in [9.17, 15) is 0 Å². The van der Waals surface area contributed by atoms with Crippen molar-refractivity contribution in [2.45, 2.75) is 45.1 Å². The molecule has 1 aromatic heterocycles. The zero-order valence-corrected chi connectivity index (χ0v) is 11.6. The van der Waals surface area contributed by atoms with Crippen molar-refractivity contribution in [1.82, 2.24) is 9.97 Å². The lowest BCUT2D eigenvalue weighted by atomic mass is 9.83. The molecule has 0 amide bonds. The van der Waals surface area contributed by atoms with Crippen molar-refractivity contribution in [2.75, 3.05) is 17.2 Å². The number of hydrogen-bond donors (Lipinski definition) is 2. The van der Waals surface area contributed by atoms with Gasteiger partial charge in [0, 0.05) is 12.6 Å². The summed E-state index contributed by atoms with van der Waals surface area (Å²) in [4.78, 5) is 8.32. The van der Waals surface area contributed by atoms with Crippen LogP contribution in [0.25, 0.3) is 0 Å². The Hall–Kier alpha value is -1.83. The minimum absolute atomic E-state index is 0.627. The Morgan fingerprint density at radius 3 is 2.74 bits per heavy atom. The number of hydrogen-bond acceptors (Lipinski definition) is 5. The van der Waals surface area contributed by atoms with Gasteiger partial charge in [0.05, 0.1) is 6.07 Å². The molecule has 5 heteroatoms. The predicted octanol–water partition coefficient (Wildman–Crippen LogP) is 2.79. The van der Waals surface area contributed by atoms with Crippen LogP contribution in [0.5, 0.6) is 0 Å². The summed E-state index contributed by atoms with van der Waals surface area (Å²) in [5, 5.41) is 15.4. The normalized spacial score (nSPS) is 15.4. The molecule has 2 rings (SSSR count). The van der Waals surface area contributed by atoms with Crippen molar-refractivity contribution in [3.8, 4) is 6.07 Å². The molecule has 0 unspecified atom stereocenters. The third-order valence-corrected chi connectivity index (χ3v) is 3.47. The van der Waals surface area contributed by atoms with Gasteiger partial charge in [-0.3, -0.25) is 0 Å². The van der Waals surface area contributed by atoms with Crippen LogP contribution >= 0.6 is 0 Å². The van der Waals surface area contributed by atoms with E-state index in [1.165, 1.54) is 32.0 Å². The smallest absolute Gasteiger partial charge is 0.132 e. The van der Waals surface area contributed by atoms with E-state index in [1.807, 2.05) is 19.9 Å². The van der Waals surface area contributed by atoms with E-state index in [-0.39, 0.29) is 0 Å². The molecular weight excluding hydrogens is 238 g/mol. The van der Waals surface area contributed by atoms with Crippen LogP contribution in [-0.4, -0.2) is 22.1 Å². The maximum atomic E-state index is 8.99. The van der Waals surface area contributed by atoms with Crippen molar-refractivity contribution in [1.29, 1.82) is 5.26 Å². The van der Waals surface area contributed by atoms with E-state index in [0.29, 0.717) is 5.82 Å². The lowest BCUT2D eigenvalue weighted by Crippen LogP contribution is -2.29. The van der Waals surface area contributed by atoms with Gasteiger partial charge in [-0.2, -0.15) is 5.26 Å². The lowest BCUT2D eigenvalue weighted by molar-refractivity contribution is 0.303. The Balaban J connectivity index is 1.85. The van der Waals surface area contributed by atoms with Crippen molar-refractivity contribution in [3.05, 3.63) is 12.4 Å². The van der Waals surface area contributed by atoms with Crippen LogP contribution in [0.15, 0.2) is 12.4 Å². The largest absolute Gasteiger partial charge is 0.370 e. The maximum Gasteiger partial charge on any atom is 0.132 e. The molecular formula is C14H21N5. The molecule has 5 nitrogen and oxygen atoms in total. The first-order valence-corrected chi connectivity index (χ1v) is 6.84. The Labute approximate surface area is 114 Å². The Morgan fingerprint density at radius 2 is 2.11 bits per heavy atom. The van der Waals surface area contributed by atoms with Crippen molar-refractivity contribution in [2.24, 2.45) is 5.92 Å². The van der Waals surface area contributed by atoms with Gasteiger partial charge < -0.3 is 10.6 Å². The third kappa shape index (κ3) is 4.09. The SMILES string of the molecule is CC(C)(C#N)Nc1cc(NCCC2CCC2)ncn1. The molecule has 0 radical (unpaired) electrons. The van der Waals surface area contributed by atoms with Gasteiger partial charge in [0.1, 0.15) is 23.5 Å². The monoisotopic (exact) mass is 259 g/mol. The van der Waals surface area contributed by atoms with E-state index in [1.54, 1.807) is 0 Å². The molecule has 0 bridgehead atoms. The Morgan fingerprint density at radius 1 is 1.37 bits per heavy atom. The van der Waals surface area contributed by atoms with Crippen molar-refractivity contribution in [3.63, 3.8) is 0 Å². The molecule has 102 valence electrons. The van der Waals surface area contributed by atoms with E-state index in [0.717, 1.165) is 18.3 Å². The fraction of sp³-hybridized carbons (Fsp3) is 0.643. The van der Waals surface area contributed by atoms with Crippen LogP contribution in [0.1, 0.15) is 39.5 Å². The van der Waals surface area contributed by atoms with Crippen LogP contribution < -0.4 is 10.6 Å². The average molecular weight is 259 g/mol. The molecule has 0 saturated heterocycles. The van der Waals surface area contributed by atoms with Crippen LogP contribution in [0.3, 0.4) is 0 Å². The maximum absolute atomic E-state index is 8.99.